The molecule has 0 unspecified atom stereocenters. The molecule has 6 heteroatoms. The van der Waals surface area contributed by atoms with Gasteiger partial charge in [0, 0.05) is 12.5 Å². The lowest BCUT2D eigenvalue weighted by Gasteiger charge is -2.06. The van der Waals surface area contributed by atoms with Crippen LogP contribution in [-0.2, 0) is 0 Å². The van der Waals surface area contributed by atoms with E-state index in [0.717, 1.165) is 0 Å². The summed E-state index contributed by atoms with van der Waals surface area (Å²) < 4.78 is 5.05. The van der Waals surface area contributed by atoms with E-state index < -0.39 is 11.2 Å². The summed E-state index contributed by atoms with van der Waals surface area (Å²) >= 11 is 0. The lowest BCUT2D eigenvalue weighted by atomic mass is 10.3. The van der Waals surface area contributed by atoms with Crippen molar-refractivity contribution in [1.29, 1.82) is 0 Å². The summed E-state index contributed by atoms with van der Waals surface area (Å²) in [4.78, 5) is 9.99. The van der Waals surface area contributed by atoms with E-state index >= 15 is 0 Å². The zero-order chi connectivity index (χ0) is 11.3. The van der Waals surface area contributed by atoms with Gasteiger partial charge in [-0.15, -0.1) is 0 Å². The molecule has 82 valence electrons. The first kappa shape index (κ1) is 11.4. The van der Waals surface area contributed by atoms with E-state index in [9.17, 15) is 10.1 Å². The number of benzene rings is 1. The van der Waals surface area contributed by atoms with E-state index in [2.05, 4.69) is 0 Å². The molecule has 6 nitrogen and oxygen atoms in total. The number of nitro groups is 1. The number of hydrogen-bond donors (Lipinski definition) is 2. The maximum atomic E-state index is 10.5. The predicted molar refractivity (Wildman–Crippen MR) is 51.4 cm³/mol. The Labute approximate surface area is 85.9 Å². The zero-order valence-corrected chi connectivity index (χ0v) is 7.87. The molecule has 0 bridgehead atoms. The van der Waals surface area contributed by atoms with E-state index in [1.807, 2.05) is 0 Å². The van der Waals surface area contributed by atoms with Gasteiger partial charge in [0.2, 0.25) is 0 Å². The van der Waals surface area contributed by atoms with Gasteiger partial charge in [-0.25, -0.2) is 0 Å². The van der Waals surface area contributed by atoms with Crippen molar-refractivity contribution in [2.45, 2.75) is 12.7 Å². The lowest BCUT2D eigenvalue weighted by Crippen LogP contribution is -2.10. The van der Waals surface area contributed by atoms with Crippen LogP contribution in [0.15, 0.2) is 24.3 Å². The summed E-state index contributed by atoms with van der Waals surface area (Å²) in [5.74, 6) is 0.128. The lowest BCUT2D eigenvalue weighted by molar-refractivity contribution is -0.385. The van der Waals surface area contributed by atoms with Crippen molar-refractivity contribution in [1.82, 2.24) is 0 Å². The van der Waals surface area contributed by atoms with E-state index in [4.69, 9.17) is 14.9 Å². The summed E-state index contributed by atoms with van der Waals surface area (Å²) in [5.41, 5.74) is -0.134. The molecule has 0 spiro atoms. The van der Waals surface area contributed by atoms with Crippen LogP contribution >= 0.6 is 0 Å². The van der Waals surface area contributed by atoms with Gasteiger partial charge < -0.3 is 14.9 Å². The number of para-hydroxylation sites is 2. The highest BCUT2D eigenvalue weighted by molar-refractivity contribution is 5.45. The topological polar surface area (TPSA) is 92.8 Å². The van der Waals surface area contributed by atoms with Crippen LogP contribution in [0, 0.1) is 10.1 Å². The molecule has 0 fully saturated rings. The van der Waals surface area contributed by atoms with Crippen LogP contribution in [0.2, 0.25) is 0 Å². The van der Waals surface area contributed by atoms with Crippen molar-refractivity contribution < 1.29 is 19.9 Å². The van der Waals surface area contributed by atoms with Crippen molar-refractivity contribution in [2.75, 3.05) is 6.61 Å². The molecule has 0 aliphatic rings. The molecule has 2 N–H and O–H groups in total. The van der Waals surface area contributed by atoms with Crippen LogP contribution in [0.25, 0.3) is 0 Å². The summed E-state index contributed by atoms with van der Waals surface area (Å²) in [6.07, 6.45) is -1.46. The Bertz CT molecular complexity index is 339. The Kier molecular flexibility index (Phi) is 4.02. The molecule has 0 amide bonds. The second-order valence-electron chi connectivity index (χ2n) is 2.84. The third kappa shape index (κ3) is 3.53. The first-order valence-electron chi connectivity index (χ1n) is 4.33. The van der Waals surface area contributed by atoms with Gasteiger partial charge in [0.15, 0.2) is 12.0 Å². The fourth-order valence-corrected chi connectivity index (χ4v) is 1.00. The van der Waals surface area contributed by atoms with Gasteiger partial charge in [-0.1, -0.05) is 12.1 Å². The van der Waals surface area contributed by atoms with Crippen molar-refractivity contribution in [2.24, 2.45) is 0 Å². The van der Waals surface area contributed by atoms with Gasteiger partial charge in [0.1, 0.15) is 0 Å². The van der Waals surface area contributed by atoms with Gasteiger partial charge in [0.05, 0.1) is 11.5 Å². The fourth-order valence-electron chi connectivity index (χ4n) is 1.00. The second-order valence-corrected chi connectivity index (χ2v) is 2.84. The number of nitrogens with zero attached hydrogens (tertiary/aromatic N) is 1. The first-order chi connectivity index (χ1) is 7.11. The van der Waals surface area contributed by atoms with E-state index in [1.54, 1.807) is 6.07 Å². The van der Waals surface area contributed by atoms with Gasteiger partial charge in [0.25, 0.3) is 0 Å². The van der Waals surface area contributed by atoms with E-state index in [1.165, 1.54) is 18.2 Å². The zero-order valence-electron chi connectivity index (χ0n) is 7.87. The molecule has 0 saturated carbocycles. The molecule has 0 heterocycles. The molecule has 0 saturated heterocycles. The monoisotopic (exact) mass is 213 g/mol. The molecule has 15 heavy (non-hydrogen) atoms. The molecule has 0 radical (unpaired) electrons. The maximum Gasteiger partial charge on any atom is 0.310 e. The van der Waals surface area contributed by atoms with Crippen LogP contribution in [0.3, 0.4) is 0 Å². The first-order valence-corrected chi connectivity index (χ1v) is 4.33. The Morgan fingerprint density at radius 2 is 2.07 bits per heavy atom. The number of aliphatic hydroxyl groups is 2. The van der Waals surface area contributed by atoms with Gasteiger partial charge in [-0.05, 0) is 6.07 Å². The number of nitro benzene ring substituents is 1. The van der Waals surface area contributed by atoms with Crippen molar-refractivity contribution in [3.63, 3.8) is 0 Å². The minimum absolute atomic E-state index is 0.00600. The summed E-state index contributed by atoms with van der Waals surface area (Å²) in [6.45, 7) is 0.0164. The Morgan fingerprint density at radius 3 is 2.67 bits per heavy atom. The third-order valence-corrected chi connectivity index (χ3v) is 1.70. The van der Waals surface area contributed by atoms with Crippen molar-refractivity contribution in [3.8, 4) is 5.75 Å². The Balaban J connectivity index is 2.63. The van der Waals surface area contributed by atoms with Gasteiger partial charge in [-0.2, -0.15) is 0 Å². The van der Waals surface area contributed by atoms with E-state index in [0.29, 0.717) is 0 Å². The molecule has 1 aromatic rings. The van der Waals surface area contributed by atoms with Crippen molar-refractivity contribution in [3.05, 3.63) is 34.4 Å². The highest BCUT2D eigenvalue weighted by Gasteiger charge is 2.13. The average Bonchev–Trinajstić information content (AvgIpc) is 2.17. The molecule has 0 aliphatic carbocycles. The molecule has 0 aromatic heterocycles. The van der Waals surface area contributed by atoms with Gasteiger partial charge >= 0.3 is 5.69 Å². The highest BCUT2D eigenvalue weighted by Crippen LogP contribution is 2.25. The molecular weight excluding hydrogens is 202 g/mol. The van der Waals surface area contributed by atoms with E-state index in [-0.39, 0.29) is 24.5 Å². The molecule has 0 atom stereocenters. The maximum absolute atomic E-state index is 10.5. The fraction of sp³-hybridized carbons (Fsp3) is 0.333. The number of aliphatic hydroxyl groups excluding tert-OH is 1. The van der Waals surface area contributed by atoms with Crippen LogP contribution in [0.5, 0.6) is 5.75 Å². The van der Waals surface area contributed by atoms with Crippen molar-refractivity contribution >= 4 is 5.69 Å². The summed E-state index contributed by atoms with van der Waals surface area (Å²) in [5, 5.41) is 27.6. The quantitative estimate of drug-likeness (QED) is 0.426. The third-order valence-electron chi connectivity index (χ3n) is 1.70. The second kappa shape index (κ2) is 5.28. The minimum atomic E-state index is -1.47. The number of hydrogen-bond acceptors (Lipinski definition) is 5. The molecule has 1 rings (SSSR count). The van der Waals surface area contributed by atoms with Crippen LogP contribution in [0.4, 0.5) is 5.69 Å². The van der Waals surface area contributed by atoms with Crippen LogP contribution in [0.1, 0.15) is 6.42 Å². The molecule has 0 aliphatic heterocycles. The Morgan fingerprint density at radius 1 is 1.40 bits per heavy atom. The number of rotatable bonds is 5. The standard InChI is InChI=1S/C9H11NO5/c11-9(12)5-6-15-8-4-2-1-3-7(8)10(13)14/h1-4,9,11-12H,5-6H2. The highest BCUT2D eigenvalue weighted by atomic mass is 16.6. The predicted octanol–water partition coefficient (Wildman–Crippen LogP) is 0.674. The Hall–Kier alpha value is -1.66. The largest absolute Gasteiger partial charge is 0.487 e. The minimum Gasteiger partial charge on any atom is -0.487 e. The smallest absolute Gasteiger partial charge is 0.310 e. The summed E-state index contributed by atoms with van der Waals surface area (Å²) in [7, 11) is 0. The number of ether oxygens (including phenoxy) is 1. The van der Waals surface area contributed by atoms with Gasteiger partial charge in [-0.3, -0.25) is 10.1 Å². The summed E-state index contributed by atoms with van der Waals surface area (Å²) in [6, 6.07) is 5.93. The molecular formula is C9H11NO5. The SMILES string of the molecule is O=[N+]([O-])c1ccccc1OCCC(O)O. The normalized spacial score (nSPS) is 10.3. The molecule has 1 aromatic carbocycles. The average molecular weight is 213 g/mol. The van der Waals surface area contributed by atoms with Crippen LogP contribution in [-0.4, -0.2) is 28.0 Å². The van der Waals surface area contributed by atoms with Crippen LogP contribution < -0.4 is 4.74 Å².